The van der Waals surface area contributed by atoms with Crippen LogP contribution in [0.3, 0.4) is 0 Å². The van der Waals surface area contributed by atoms with E-state index in [1.807, 2.05) is 28.5 Å². The molecule has 20 heavy (non-hydrogen) atoms. The van der Waals surface area contributed by atoms with E-state index in [1.165, 1.54) is 0 Å². The third kappa shape index (κ3) is 4.85. The lowest BCUT2D eigenvalue weighted by molar-refractivity contribution is -0.132. The van der Waals surface area contributed by atoms with E-state index in [-0.39, 0.29) is 11.9 Å². The summed E-state index contributed by atoms with van der Waals surface area (Å²) >= 11 is 5.61. The Labute approximate surface area is 126 Å². The molecule has 0 bridgehead atoms. The van der Waals surface area contributed by atoms with Crippen molar-refractivity contribution < 1.29 is 9.59 Å². The summed E-state index contributed by atoms with van der Waals surface area (Å²) in [5, 5.41) is 0. The molecule has 1 saturated heterocycles. The predicted molar refractivity (Wildman–Crippen MR) is 81.0 cm³/mol. The minimum absolute atomic E-state index is 0.0873. The topological polar surface area (TPSA) is 43.9 Å². The molecule has 0 aliphatic carbocycles. The maximum Gasteiger partial charge on any atom is 0.320 e. The van der Waals surface area contributed by atoms with Crippen LogP contribution < -0.4 is 0 Å². The second kappa shape index (κ2) is 9.06. The van der Waals surface area contributed by atoms with E-state index in [2.05, 4.69) is 0 Å². The maximum atomic E-state index is 12.2. The number of piperazine rings is 1. The monoisotopic (exact) mass is 303 g/mol. The van der Waals surface area contributed by atoms with Crippen molar-refractivity contribution in [3.63, 3.8) is 0 Å². The SMILES string of the molecule is CCN(CC)C(=O)N1CCN(C(=O)CCCCCl)CC1. The fourth-order valence-corrected chi connectivity index (χ4v) is 2.56. The third-order valence-electron chi connectivity index (χ3n) is 3.71. The van der Waals surface area contributed by atoms with Crippen molar-refractivity contribution in [3.8, 4) is 0 Å². The summed E-state index contributed by atoms with van der Waals surface area (Å²) in [6.07, 6.45) is 2.30. The van der Waals surface area contributed by atoms with Crippen LogP contribution in [0.2, 0.25) is 0 Å². The normalized spacial score (nSPS) is 15.3. The Morgan fingerprint density at radius 2 is 1.55 bits per heavy atom. The van der Waals surface area contributed by atoms with Crippen LogP contribution in [0.1, 0.15) is 33.1 Å². The van der Waals surface area contributed by atoms with Gasteiger partial charge in [-0.25, -0.2) is 4.79 Å². The predicted octanol–water partition coefficient (Wildman–Crippen LogP) is 2.00. The highest BCUT2D eigenvalue weighted by atomic mass is 35.5. The lowest BCUT2D eigenvalue weighted by Crippen LogP contribution is -2.54. The Bertz CT molecular complexity index is 314. The molecule has 1 aliphatic heterocycles. The van der Waals surface area contributed by atoms with Crippen molar-refractivity contribution in [2.24, 2.45) is 0 Å². The zero-order chi connectivity index (χ0) is 15.0. The fraction of sp³-hybridized carbons (Fsp3) is 0.857. The number of rotatable bonds is 6. The van der Waals surface area contributed by atoms with E-state index >= 15 is 0 Å². The molecule has 0 aromatic rings. The minimum Gasteiger partial charge on any atom is -0.339 e. The van der Waals surface area contributed by atoms with Gasteiger partial charge in [0.05, 0.1) is 0 Å². The number of unbranched alkanes of at least 4 members (excludes halogenated alkanes) is 1. The summed E-state index contributed by atoms with van der Waals surface area (Å²) in [5.74, 6) is 0.796. The molecule has 3 amide bonds. The van der Waals surface area contributed by atoms with E-state index in [9.17, 15) is 9.59 Å². The second-order valence-electron chi connectivity index (χ2n) is 4.97. The molecule has 0 radical (unpaired) electrons. The molecule has 116 valence electrons. The first-order chi connectivity index (χ1) is 9.63. The van der Waals surface area contributed by atoms with Gasteiger partial charge < -0.3 is 14.7 Å². The van der Waals surface area contributed by atoms with E-state index in [4.69, 9.17) is 11.6 Å². The van der Waals surface area contributed by atoms with E-state index < -0.39 is 0 Å². The van der Waals surface area contributed by atoms with Gasteiger partial charge in [-0.1, -0.05) is 0 Å². The average molecular weight is 304 g/mol. The Kier molecular flexibility index (Phi) is 7.73. The van der Waals surface area contributed by atoms with Crippen molar-refractivity contribution in [1.82, 2.24) is 14.7 Å². The van der Waals surface area contributed by atoms with Gasteiger partial charge in [0, 0.05) is 51.6 Å². The standard InChI is InChI=1S/C14H26ClN3O2/c1-3-16(4-2)14(20)18-11-9-17(10-12-18)13(19)7-5-6-8-15/h3-12H2,1-2H3. The van der Waals surface area contributed by atoms with Crippen LogP contribution in [0.25, 0.3) is 0 Å². The zero-order valence-corrected chi connectivity index (χ0v) is 13.4. The highest BCUT2D eigenvalue weighted by Crippen LogP contribution is 2.09. The number of carbonyl (C=O) groups excluding carboxylic acids is 2. The molecule has 0 atom stereocenters. The van der Waals surface area contributed by atoms with Crippen LogP contribution in [0.5, 0.6) is 0 Å². The molecule has 0 unspecified atom stereocenters. The number of urea groups is 1. The minimum atomic E-state index is 0.0873. The first-order valence-electron chi connectivity index (χ1n) is 7.51. The van der Waals surface area contributed by atoms with Gasteiger partial charge in [-0.2, -0.15) is 0 Å². The first-order valence-corrected chi connectivity index (χ1v) is 8.05. The van der Waals surface area contributed by atoms with E-state index in [0.717, 1.165) is 25.9 Å². The molecule has 1 aliphatic rings. The maximum absolute atomic E-state index is 12.2. The molecule has 1 fully saturated rings. The van der Waals surface area contributed by atoms with Crippen molar-refractivity contribution in [2.45, 2.75) is 33.1 Å². The number of carbonyl (C=O) groups is 2. The summed E-state index contributed by atoms with van der Waals surface area (Å²) in [6.45, 7) is 7.99. The fourth-order valence-electron chi connectivity index (χ4n) is 2.37. The van der Waals surface area contributed by atoms with Crippen molar-refractivity contribution >= 4 is 23.5 Å². The first kappa shape index (κ1) is 17.1. The van der Waals surface area contributed by atoms with Gasteiger partial charge >= 0.3 is 6.03 Å². The van der Waals surface area contributed by atoms with Gasteiger partial charge in [0.15, 0.2) is 0 Å². The zero-order valence-electron chi connectivity index (χ0n) is 12.6. The van der Waals surface area contributed by atoms with Crippen molar-refractivity contribution in [3.05, 3.63) is 0 Å². The third-order valence-corrected chi connectivity index (χ3v) is 3.98. The molecule has 0 N–H and O–H groups in total. The highest BCUT2D eigenvalue weighted by molar-refractivity contribution is 6.17. The largest absolute Gasteiger partial charge is 0.339 e. The van der Waals surface area contributed by atoms with Gasteiger partial charge in [0.1, 0.15) is 0 Å². The molecule has 0 aromatic carbocycles. The Morgan fingerprint density at radius 1 is 1.00 bits per heavy atom. The Balaban J connectivity index is 2.35. The molecule has 0 saturated carbocycles. The summed E-state index contributed by atoms with van der Waals surface area (Å²) in [7, 11) is 0. The second-order valence-corrected chi connectivity index (χ2v) is 5.35. The Morgan fingerprint density at radius 3 is 2.05 bits per heavy atom. The van der Waals surface area contributed by atoms with E-state index in [0.29, 0.717) is 38.5 Å². The smallest absolute Gasteiger partial charge is 0.320 e. The number of nitrogens with zero attached hydrogens (tertiary/aromatic N) is 3. The number of alkyl halides is 1. The summed E-state index contributed by atoms with van der Waals surface area (Å²) in [5.41, 5.74) is 0. The molecular formula is C14H26ClN3O2. The molecule has 6 heteroatoms. The van der Waals surface area contributed by atoms with Gasteiger partial charge in [-0.3, -0.25) is 4.79 Å². The molecule has 0 aromatic heterocycles. The van der Waals surface area contributed by atoms with Crippen LogP contribution in [0, 0.1) is 0 Å². The van der Waals surface area contributed by atoms with Gasteiger partial charge in [-0.15, -0.1) is 11.6 Å². The number of halogens is 1. The van der Waals surface area contributed by atoms with Crippen molar-refractivity contribution in [2.75, 3.05) is 45.1 Å². The number of amides is 3. The lowest BCUT2D eigenvalue weighted by Gasteiger charge is -2.37. The van der Waals surface area contributed by atoms with Crippen LogP contribution in [-0.2, 0) is 4.79 Å². The molecule has 1 rings (SSSR count). The molecule has 5 nitrogen and oxygen atoms in total. The average Bonchev–Trinajstić information content (AvgIpc) is 2.48. The summed E-state index contributed by atoms with van der Waals surface area (Å²) in [4.78, 5) is 29.7. The Hall–Kier alpha value is -0.970. The van der Waals surface area contributed by atoms with Gasteiger partial charge in [-0.05, 0) is 26.7 Å². The highest BCUT2D eigenvalue weighted by Gasteiger charge is 2.25. The summed E-state index contributed by atoms with van der Waals surface area (Å²) in [6, 6.07) is 0.0873. The van der Waals surface area contributed by atoms with Crippen LogP contribution in [0.15, 0.2) is 0 Å². The van der Waals surface area contributed by atoms with Gasteiger partial charge in [0.2, 0.25) is 5.91 Å². The van der Waals surface area contributed by atoms with Crippen molar-refractivity contribution in [1.29, 1.82) is 0 Å². The number of hydrogen-bond donors (Lipinski definition) is 0. The van der Waals surface area contributed by atoms with Crippen LogP contribution in [-0.4, -0.2) is 71.8 Å². The molecular weight excluding hydrogens is 278 g/mol. The van der Waals surface area contributed by atoms with Gasteiger partial charge in [0.25, 0.3) is 0 Å². The summed E-state index contributed by atoms with van der Waals surface area (Å²) < 4.78 is 0. The van der Waals surface area contributed by atoms with E-state index in [1.54, 1.807) is 0 Å². The van der Waals surface area contributed by atoms with Crippen LogP contribution >= 0.6 is 11.6 Å². The molecule has 1 heterocycles. The lowest BCUT2D eigenvalue weighted by atomic mass is 10.2. The van der Waals surface area contributed by atoms with Crippen LogP contribution in [0.4, 0.5) is 4.79 Å². The number of hydrogen-bond acceptors (Lipinski definition) is 2. The quantitative estimate of drug-likeness (QED) is 0.556. The molecule has 0 spiro atoms.